The van der Waals surface area contributed by atoms with E-state index >= 15 is 0 Å². The number of rotatable bonds is 6. The minimum absolute atomic E-state index is 0.00825. The molecule has 124 valence electrons. The normalized spacial score (nSPS) is 12.2. The Morgan fingerprint density at radius 2 is 2.04 bits per heavy atom. The van der Waals surface area contributed by atoms with Gasteiger partial charge >= 0.3 is 0 Å². The third kappa shape index (κ3) is 3.59. The molecule has 0 fully saturated rings. The molecule has 6 heteroatoms. The number of nitrogens with zero attached hydrogens (tertiary/aromatic N) is 3. The maximum absolute atomic E-state index is 12.3. The Hall–Kier alpha value is -2.34. The van der Waals surface area contributed by atoms with Crippen LogP contribution in [0, 0.1) is 0 Å². The van der Waals surface area contributed by atoms with Gasteiger partial charge in [0.15, 0.2) is 5.16 Å². The van der Waals surface area contributed by atoms with Crippen LogP contribution in [-0.2, 0) is 11.3 Å². The first-order chi connectivity index (χ1) is 11.7. The number of hydrogen-bond donors (Lipinski definition) is 1. The molecular weight excluding hydrogens is 320 g/mol. The van der Waals surface area contributed by atoms with Crippen LogP contribution < -0.4 is 5.32 Å². The van der Waals surface area contributed by atoms with Gasteiger partial charge in [-0.15, -0.1) is 10.2 Å². The highest BCUT2D eigenvalue weighted by Gasteiger charge is 2.13. The molecule has 0 saturated heterocycles. The molecule has 0 bridgehead atoms. The molecule has 3 rings (SSSR count). The van der Waals surface area contributed by atoms with E-state index < -0.39 is 0 Å². The van der Waals surface area contributed by atoms with E-state index in [-0.39, 0.29) is 11.9 Å². The van der Waals surface area contributed by atoms with Crippen molar-refractivity contribution in [2.75, 3.05) is 5.75 Å². The Bertz CT molecular complexity index is 840. The first kappa shape index (κ1) is 16.5. The third-order valence-corrected chi connectivity index (χ3v) is 4.90. The van der Waals surface area contributed by atoms with E-state index in [1.165, 1.54) is 22.5 Å². The monoisotopic (exact) mass is 340 g/mol. The molecule has 3 aromatic rings. The van der Waals surface area contributed by atoms with Crippen molar-refractivity contribution in [2.24, 2.45) is 0 Å². The zero-order valence-electron chi connectivity index (χ0n) is 13.8. The van der Waals surface area contributed by atoms with E-state index in [1.807, 2.05) is 36.6 Å². The quantitative estimate of drug-likeness (QED) is 0.699. The molecule has 0 radical (unpaired) electrons. The number of carbonyl (C=O) groups excluding carboxylic acids is 1. The number of fused-ring (bicyclic) bond motifs is 1. The van der Waals surface area contributed by atoms with E-state index in [9.17, 15) is 4.79 Å². The molecule has 0 aliphatic carbocycles. The van der Waals surface area contributed by atoms with Crippen LogP contribution in [0.4, 0.5) is 0 Å². The number of nitrogens with one attached hydrogen (secondary N) is 1. The highest BCUT2D eigenvalue weighted by Crippen LogP contribution is 2.24. The van der Waals surface area contributed by atoms with Crippen molar-refractivity contribution in [3.63, 3.8) is 0 Å². The zero-order chi connectivity index (χ0) is 16.9. The van der Waals surface area contributed by atoms with E-state index in [1.54, 1.807) is 6.33 Å². The number of aromatic nitrogens is 3. The summed E-state index contributed by atoms with van der Waals surface area (Å²) in [7, 11) is 0. The summed E-state index contributed by atoms with van der Waals surface area (Å²) in [6.07, 6.45) is 1.68. The van der Waals surface area contributed by atoms with Crippen molar-refractivity contribution in [3.8, 4) is 0 Å². The molecule has 1 amide bonds. The van der Waals surface area contributed by atoms with Gasteiger partial charge in [-0.2, -0.15) is 0 Å². The van der Waals surface area contributed by atoms with Crippen molar-refractivity contribution in [1.82, 2.24) is 20.1 Å². The Morgan fingerprint density at radius 3 is 2.88 bits per heavy atom. The minimum atomic E-state index is -0.0479. The molecule has 0 aliphatic heterocycles. The topological polar surface area (TPSA) is 59.8 Å². The Labute approximate surface area is 145 Å². The molecule has 0 saturated carbocycles. The van der Waals surface area contributed by atoms with E-state index in [0.29, 0.717) is 5.75 Å². The van der Waals surface area contributed by atoms with Gasteiger partial charge in [0.1, 0.15) is 6.33 Å². The van der Waals surface area contributed by atoms with Crippen LogP contribution in [0.2, 0.25) is 0 Å². The molecule has 2 aromatic carbocycles. The lowest BCUT2D eigenvalue weighted by atomic mass is 10.00. The molecule has 1 N–H and O–H groups in total. The van der Waals surface area contributed by atoms with Crippen molar-refractivity contribution in [2.45, 2.75) is 31.6 Å². The molecule has 24 heavy (non-hydrogen) atoms. The van der Waals surface area contributed by atoms with Crippen LogP contribution in [0.25, 0.3) is 10.8 Å². The van der Waals surface area contributed by atoms with E-state index in [0.717, 1.165) is 17.3 Å². The summed E-state index contributed by atoms with van der Waals surface area (Å²) >= 11 is 1.40. The number of aryl methyl sites for hydroxylation is 1. The molecular formula is C18H20N4OS. The van der Waals surface area contributed by atoms with Gasteiger partial charge in [-0.25, -0.2) is 0 Å². The largest absolute Gasteiger partial charge is 0.349 e. The molecule has 1 atom stereocenters. The fourth-order valence-electron chi connectivity index (χ4n) is 2.69. The number of thioether (sulfide) groups is 1. The zero-order valence-corrected chi connectivity index (χ0v) is 14.6. The molecule has 0 unspecified atom stereocenters. The number of carbonyl (C=O) groups is 1. The number of benzene rings is 2. The lowest BCUT2D eigenvalue weighted by Gasteiger charge is -2.16. The summed E-state index contributed by atoms with van der Waals surface area (Å²) in [5.41, 5.74) is 1.13. The Morgan fingerprint density at radius 1 is 1.25 bits per heavy atom. The number of amides is 1. The second-order valence-corrected chi connectivity index (χ2v) is 6.49. The number of hydrogen-bond acceptors (Lipinski definition) is 4. The average Bonchev–Trinajstić information content (AvgIpc) is 3.07. The second-order valence-electron chi connectivity index (χ2n) is 5.55. The van der Waals surface area contributed by atoms with Crippen molar-refractivity contribution < 1.29 is 4.79 Å². The summed E-state index contributed by atoms with van der Waals surface area (Å²) in [5, 5.41) is 14.1. The molecule has 1 heterocycles. The minimum Gasteiger partial charge on any atom is -0.349 e. The lowest BCUT2D eigenvalue weighted by Crippen LogP contribution is -2.28. The third-order valence-electron chi connectivity index (χ3n) is 3.92. The van der Waals surface area contributed by atoms with Gasteiger partial charge in [0.25, 0.3) is 0 Å². The molecule has 0 aliphatic rings. The maximum atomic E-state index is 12.3. The predicted molar refractivity (Wildman–Crippen MR) is 96.9 cm³/mol. The van der Waals surface area contributed by atoms with Crippen molar-refractivity contribution in [1.29, 1.82) is 0 Å². The second kappa shape index (κ2) is 7.49. The van der Waals surface area contributed by atoms with Crippen molar-refractivity contribution in [3.05, 3.63) is 54.4 Å². The predicted octanol–water partition coefficient (Wildman–Crippen LogP) is 3.42. The fraction of sp³-hybridized carbons (Fsp3) is 0.278. The first-order valence-corrected chi connectivity index (χ1v) is 8.95. The van der Waals surface area contributed by atoms with Crippen LogP contribution in [0.3, 0.4) is 0 Å². The van der Waals surface area contributed by atoms with Gasteiger partial charge in [-0.1, -0.05) is 54.2 Å². The Kier molecular flexibility index (Phi) is 5.15. The van der Waals surface area contributed by atoms with E-state index in [2.05, 4.69) is 39.8 Å². The highest BCUT2D eigenvalue weighted by atomic mass is 32.2. The Balaban J connectivity index is 1.65. The summed E-state index contributed by atoms with van der Waals surface area (Å²) in [6.45, 7) is 4.83. The standard InChI is InChI=1S/C18H20N4OS/c1-3-22-12-19-21-18(22)24-11-17(23)20-13(2)15-10-6-8-14-7-4-5-9-16(14)15/h4-10,12-13H,3,11H2,1-2H3,(H,20,23)/t13-/m0/s1. The van der Waals surface area contributed by atoms with E-state index in [4.69, 9.17) is 0 Å². The summed E-state index contributed by atoms with van der Waals surface area (Å²) < 4.78 is 1.92. The molecule has 1 aromatic heterocycles. The SMILES string of the molecule is CCn1cnnc1SCC(=O)N[C@@H](C)c1cccc2ccccc12. The summed E-state index contributed by atoms with van der Waals surface area (Å²) in [4.78, 5) is 12.3. The molecule has 0 spiro atoms. The van der Waals surface area contributed by atoms with Gasteiger partial charge in [0, 0.05) is 6.54 Å². The smallest absolute Gasteiger partial charge is 0.230 e. The summed E-state index contributed by atoms with van der Waals surface area (Å²) in [6, 6.07) is 14.3. The van der Waals surface area contributed by atoms with Crippen LogP contribution in [0.1, 0.15) is 25.5 Å². The van der Waals surface area contributed by atoms with Crippen LogP contribution in [0.15, 0.2) is 53.9 Å². The van der Waals surface area contributed by atoms with Gasteiger partial charge in [0.2, 0.25) is 5.91 Å². The van der Waals surface area contributed by atoms with Gasteiger partial charge < -0.3 is 9.88 Å². The summed E-state index contributed by atoms with van der Waals surface area (Å²) in [5.74, 6) is 0.319. The fourth-order valence-corrected chi connectivity index (χ4v) is 3.48. The van der Waals surface area contributed by atoms with Crippen LogP contribution in [0.5, 0.6) is 0 Å². The molecule has 5 nitrogen and oxygen atoms in total. The average molecular weight is 340 g/mol. The first-order valence-electron chi connectivity index (χ1n) is 7.96. The van der Waals surface area contributed by atoms with Crippen molar-refractivity contribution >= 4 is 28.4 Å². The van der Waals surface area contributed by atoms with Gasteiger partial charge in [-0.05, 0) is 30.2 Å². The van der Waals surface area contributed by atoms with Gasteiger partial charge in [0.05, 0.1) is 11.8 Å². The van der Waals surface area contributed by atoms with Gasteiger partial charge in [-0.3, -0.25) is 4.79 Å². The van der Waals surface area contributed by atoms with Crippen LogP contribution >= 0.6 is 11.8 Å². The lowest BCUT2D eigenvalue weighted by molar-refractivity contribution is -0.119. The maximum Gasteiger partial charge on any atom is 0.230 e. The highest BCUT2D eigenvalue weighted by molar-refractivity contribution is 7.99. The van der Waals surface area contributed by atoms with Crippen LogP contribution in [-0.4, -0.2) is 26.4 Å².